The summed E-state index contributed by atoms with van der Waals surface area (Å²) in [4.78, 5) is 24.3. The number of carbonyl (C=O) groups is 2. The molecule has 0 aromatic rings. The smallest absolute Gasteiger partial charge is 0.196 e. The van der Waals surface area contributed by atoms with Crippen molar-refractivity contribution in [2.24, 2.45) is 23.2 Å². The molecule has 4 unspecified atom stereocenters. The number of carbonyl (C=O) groups excluding carboxylic acids is 2. The molecule has 0 aromatic carbocycles. The van der Waals surface area contributed by atoms with E-state index in [4.69, 9.17) is 11.7 Å². The number of rotatable bonds is 0. The molecule has 0 aliphatic heterocycles. The summed E-state index contributed by atoms with van der Waals surface area (Å²) in [7, 11) is 0. The lowest BCUT2D eigenvalue weighted by Gasteiger charge is -2.46. The lowest BCUT2D eigenvalue weighted by molar-refractivity contribution is -0.121. The van der Waals surface area contributed by atoms with Crippen LogP contribution in [0.5, 0.6) is 0 Å². The van der Waals surface area contributed by atoms with Gasteiger partial charge in [0, 0.05) is 11.8 Å². The van der Waals surface area contributed by atoms with Gasteiger partial charge in [-0.25, -0.2) is 0 Å². The van der Waals surface area contributed by atoms with Crippen LogP contribution in [-0.2, 0) is 9.59 Å². The molecule has 3 rings (SSSR count). The van der Waals surface area contributed by atoms with Crippen molar-refractivity contribution >= 4 is 11.6 Å². The highest BCUT2D eigenvalue weighted by Gasteiger charge is 2.49. The lowest BCUT2D eigenvalue weighted by Crippen LogP contribution is -2.43. The Morgan fingerprint density at radius 3 is 2.57 bits per heavy atom. The van der Waals surface area contributed by atoms with Gasteiger partial charge >= 0.3 is 0 Å². The maximum atomic E-state index is 12.2. The number of allylic oxidation sites excluding steroid dienone is 6. The van der Waals surface area contributed by atoms with Gasteiger partial charge in [0.25, 0.3) is 0 Å². The Hall–Kier alpha value is -2.90. The van der Waals surface area contributed by atoms with E-state index in [1.165, 1.54) is 6.08 Å². The number of hydrogen-bond acceptors (Lipinski definition) is 4. The van der Waals surface area contributed by atoms with Crippen molar-refractivity contribution in [2.45, 2.75) is 19.8 Å². The molecule has 4 nitrogen and oxygen atoms in total. The fraction of sp³-hybridized carbons (Fsp3) is 0.368. The zero-order valence-electron chi connectivity index (χ0n) is 12.7. The number of fused-ring (bicyclic) bond motifs is 3. The molecule has 23 heavy (non-hydrogen) atoms. The van der Waals surface area contributed by atoms with E-state index in [1.54, 1.807) is 12.2 Å². The molecule has 4 heteroatoms. The number of nitrogens with zero attached hydrogens (tertiary/aromatic N) is 2. The molecule has 0 bridgehead atoms. The van der Waals surface area contributed by atoms with Crippen LogP contribution in [0.25, 0.3) is 0 Å². The van der Waals surface area contributed by atoms with Crippen LogP contribution in [-0.4, -0.2) is 11.6 Å². The molecule has 1 fully saturated rings. The number of ketones is 2. The standard InChI is InChI=1S/C19H14N2O2/c1-3-19-5-4-14-11(2)18(23)12(9-20)6-15(14)16(19)7-17(22)13(8-19)10-21/h1,6-8,11,14-15H,4-5H2,2H3. The Bertz CT molecular complexity index is 838. The summed E-state index contributed by atoms with van der Waals surface area (Å²) in [6, 6.07) is 3.86. The zero-order valence-corrected chi connectivity index (χ0v) is 12.7. The van der Waals surface area contributed by atoms with Crippen molar-refractivity contribution in [3.63, 3.8) is 0 Å². The quantitative estimate of drug-likeness (QED) is 0.643. The first-order valence-corrected chi connectivity index (χ1v) is 7.50. The monoisotopic (exact) mass is 302 g/mol. The summed E-state index contributed by atoms with van der Waals surface area (Å²) in [5, 5.41) is 18.3. The number of terminal acetylenes is 1. The molecule has 4 atom stereocenters. The van der Waals surface area contributed by atoms with Crippen molar-refractivity contribution < 1.29 is 9.59 Å². The second-order valence-corrected chi connectivity index (χ2v) is 6.32. The maximum absolute atomic E-state index is 12.2. The summed E-state index contributed by atoms with van der Waals surface area (Å²) in [6.07, 6.45) is 11.8. The van der Waals surface area contributed by atoms with Gasteiger partial charge < -0.3 is 0 Å². The van der Waals surface area contributed by atoms with Crippen molar-refractivity contribution in [2.75, 3.05) is 0 Å². The van der Waals surface area contributed by atoms with Crippen LogP contribution in [0, 0.1) is 58.2 Å². The normalized spacial score (nSPS) is 35.4. The second kappa shape index (κ2) is 5.08. The SMILES string of the molecule is C#CC12C=C(C#N)C(=O)C=C1C1C=C(C#N)C(=O)C(C)C1CC2. The van der Waals surface area contributed by atoms with Gasteiger partial charge in [0.1, 0.15) is 12.1 Å². The van der Waals surface area contributed by atoms with E-state index in [-0.39, 0.29) is 40.5 Å². The van der Waals surface area contributed by atoms with Gasteiger partial charge in [-0.1, -0.05) is 18.9 Å². The van der Waals surface area contributed by atoms with E-state index < -0.39 is 5.41 Å². The van der Waals surface area contributed by atoms with Crippen molar-refractivity contribution in [1.29, 1.82) is 10.5 Å². The predicted octanol–water partition coefficient (Wildman–Crippen LogP) is 2.26. The molecule has 0 spiro atoms. The Morgan fingerprint density at radius 1 is 1.26 bits per heavy atom. The molecular formula is C19H14N2O2. The number of nitriles is 2. The molecule has 0 heterocycles. The summed E-state index contributed by atoms with van der Waals surface area (Å²) in [6.45, 7) is 1.83. The molecule has 112 valence electrons. The molecule has 3 aliphatic rings. The molecule has 0 aromatic heterocycles. The third-order valence-electron chi connectivity index (χ3n) is 5.32. The minimum Gasteiger partial charge on any atom is -0.293 e. The van der Waals surface area contributed by atoms with Gasteiger partial charge in [0.2, 0.25) is 0 Å². The van der Waals surface area contributed by atoms with Gasteiger partial charge in [-0.15, -0.1) is 6.42 Å². The minimum atomic E-state index is -0.767. The van der Waals surface area contributed by atoms with Gasteiger partial charge in [0.15, 0.2) is 11.6 Å². The van der Waals surface area contributed by atoms with E-state index in [0.29, 0.717) is 6.42 Å². The van der Waals surface area contributed by atoms with Gasteiger partial charge in [-0.05, 0) is 36.5 Å². The first-order valence-electron chi connectivity index (χ1n) is 7.50. The van der Waals surface area contributed by atoms with Crippen LogP contribution in [0.2, 0.25) is 0 Å². The van der Waals surface area contributed by atoms with Crippen LogP contribution >= 0.6 is 0 Å². The zero-order chi connectivity index (χ0) is 16.8. The van der Waals surface area contributed by atoms with Crippen molar-refractivity contribution in [3.8, 4) is 24.5 Å². The van der Waals surface area contributed by atoms with E-state index in [0.717, 1.165) is 12.0 Å². The third-order valence-corrected chi connectivity index (χ3v) is 5.32. The second-order valence-electron chi connectivity index (χ2n) is 6.32. The predicted molar refractivity (Wildman–Crippen MR) is 82.1 cm³/mol. The molecule has 0 saturated heterocycles. The first-order chi connectivity index (χ1) is 11.0. The average Bonchev–Trinajstić information content (AvgIpc) is 2.57. The topological polar surface area (TPSA) is 81.7 Å². The van der Waals surface area contributed by atoms with E-state index >= 15 is 0 Å². The highest BCUT2D eigenvalue weighted by Crippen LogP contribution is 2.53. The average molecular weight is 302 g/mol. The van der Waals surface area contributed by atoms with Crippen LogP contribution in [0.15, 0.2) is 34.9 Å². The summed E-state index contributed by atoms with van der Waals surface area (Å²) in [5.41, 5.74) is 0.175. The fourth-order valence-corrected chi connectivity index (χ4v) is 4.02. The minimum absolute atomic E-state index is 0.0390. The molecule has 0 amide bonds. The van der Waals surface area contributed by atoms with Gasteiger partial charge in [-0.2, -0.15) is 10.5 Å². The largest absolute Gasteiger partial charge is 0.293 e. The van der Waals surface area contributed by atoms with E-state index in [2.05, 4.69) is 5.92 Å². The third kappa shape index (κ3) is 1.98. The number of Topliss-reactive ketones (excluding diaryl/α,β-unsaturated/α-hetero) is 1. The summed E-state index contributed by atoms with van der Waals surface area (Å²) >= 11 is 0. The van der Waals surface area contributed by atoms with Crippen LogP contribution in [0.4, 0.5) is 0 Å². The van der Waals surface area contributed by atoms with Gasteiger partial charge in [0.05, 0.1) is 16.6 Å². The van der Waals surface area contributed by atoms with Crippen LogP contribution < -0.4 is 0 Å². The van der Waals surface area contributed by atoms with E-state index in [9.17, 15) is 14.9 Å². The highest BCUT2D eigenvalue weighted by atomic mass is 16.1. The van der Waals surface area contributed by atoms with Crippen molar-refractivity contribution in [3.05, 3.63) is 34.9 Å². The van der Waals surface area contributed by atoms with Crippen molar-refractivity contribution in [1.82, 2.24) is 0 Å². The van der Waals surface area contributed by atoms with Crippen LogP contribution in [0.1, 0.15) is 19.8 Å². The Labute approximate surface area is 134 Å². The van der Waals surface area contributed by atoms with Gasteiger partial charge in [-0.3, -0.25) is 9.59 Å². The Kier molecular flexibility index (Phi) is 3.32. The van der Waals surface area contributed by atoms with E-state index in [1.807, 2.05) is 19.1 Å². The summed E-state index contributed by atoms with van der Waals surface area (Å²) < 4.78 is 0. The highest BCUT2D eigenvalue weighted by molar-refractivity contribution is 6.09. The molecule has 0 radical (unpaired) electrons. The Balaban J connectivity index is 2.17. The molecule has 1 saturated carbocycles. The molecular weight excluding hydrogens is 288 g/mol. The Morgan fingerprint density at radius 2 is 1.96 bits per heavy atom. The molecule has 0 N–H and O–H groups in total. The lowest BCUT2D eigenvalue weighted by atomic mass is 9.55. The first kappa shape index (κ1) is 15.0. The molecule has 3 aliphatic carbocycles. The fourth-order valence-electron chi connectivity index (χ4n) is 4.02. The summed E-state index contributed by atoms with van der Waals surface area (Å²) in [5.74, 6) is 1.82. The number of hydrogen-bond donors (Lipinski definition) is 0. The van der Waals surface area contributed by atoms with Crippen LogP contribution in [0.3, 0.4) is 0 Å². The maximum Gasteiger partial charge on any atom is 0.196 e.